The molecule has 0 aromatic rings. The molecule has 1 rings (SSSR count). The first-order valence-electron chi connectivity index (χ1n) is 5.65. The minimum absolute atomic E-state index is 0. The van der Waals surface area contributed by atoms with Crippen LogP contribution in [0, 0.1) is 11.3 Å². The van der Waals surface area contributed by atoms with Crippen LogP contribution >= 0.6 is 0 Å². The minimum atomic E-state index is -1.09. The van der Waals surface area contributed by atoms with Gasteiger partial charge in [-0.15, -0.1) is 0 Å². The summed E-state index contributed by atoms with van der Waals surface area (Å²) in [4.78, 5) is 34.8. The second-order valence-electron chi connectivity index (χ2n) is 4.25. The standard InChI is InChI=1S/C11H18N2O3.Al.2FH.Na.H/c1-4-6-7(3)11(5-2)8(14)12-10(16)13-9(11)15;;;;;/h7H,4-6H2,1-3H3,(H2,12,13,14,15,16);;2*1H;;/q;;;;+1;-1. The predicted molar refractivity (Wildman–Crippen MR) is 70.3 cm³/mol. The Morgan fingerprint density at radius 2 is 1.50 bits per heavy atom. The van der Waals surface area contributed by atoms with Gasteiger partial charge in [-0.2, -0.15) is 0 Å². The zero-order valence-corrected chi connectivity index (χ0v) is 15.5. The van der Waals surface area contributed by atoms with Crippen molar-refractivity contribution in [2.45, 2.75) is 40.0 Å². The Morgan fingerprint density at radius 3 is 1.80 bits per heavy atom. The van der Waals surface area contributed by atoms with Crippen LogP contribution in [0.15, 0.2) is 0 Å². The van der Waals surface area contributed by atoms with Gasteiger partial charge in [0.1, 0.15) is 5.41 Å². The number of urea groups is 1. The molecule has 0 aromatic heterocycles. The van der Waals surface area contributed by atoms with Gasteiger partial charge in [0.05, 0.1) is 0 Å². The zero-order valence-electron chi connectivity index (χ0n) is 13.3. The molecule has 0 saturated carbocycles. The van der Waals surface area contributed by atoms with Crippen molar-refractivity contribution in [1.82, 2.24) is 10.6 Å². The Kier molecular flexibility index (Phi) is 16.4. The molecule has 1 heterocycles. The molecule has 0 aliphatic carbocycles. The molecule has 0 aromatic carbocycles. The van der Waals surface area contributed by atoms with Crippen molar-refractivity contribution < 1.29 is 54.8 Å². The fraction of sp³-hybridized carbons (Fsp3) is 0.727. The third-order valence-electron chi connectivity index (χ3n) is 3.39. The number of nitrogens with one attached hydrogen (secondary N) is 2. The topological polar surface area (TPSA) is 75.3 Å². The SMILES string of the molecule is CCCC(C)C1(CC)C(=O)NC(=O)NC1=O.F.F.[Al].[H-].[Na+]. The molecule has 1 saturated heterocycles. The number of halogens is 2. The number of carbonyl (C=O) groups is 3. The Hall–Kier alpha value is 0.00247. The maximum Gasteiger partial charge on any atom is 1.00 e. The van der Waals surface area contributed by atoms with Gasteiger partial charge in [-0.3, -0.25) is 29.6 Å². The second-order valence-corrected chi connectivity index (χ2v) is 4.25. The van der Waals surface area contributed by atoms with Crippen molar-refractivity contribution in [3.8, 4) is 0 Å². The maximum atomic E-state index is 11.9. The fourth-order valence-corrected chi connectivity index (χ4v) is 2.36. The molecule has 1 atom stereocenters. The van der Waals surface area contributed by atoms with Crippen molar-refractivity contribution in [3.63, 3.8) is 0 Å². The Labute approximate surface area is 151 Å². The Balaban J connectivity index is -0.000000171. The summed E-state index contributed by atoms with van der Waals surface area (Å²) in [7, 11) is 0. The molecule has 1 fully saturated rings. The van der Waals surface area contributed by atoms with Gasteiger partial charge < -0.3 is 1.43 Å². The summed E-state index contributed by atoms with van der Waals surface area (Å²) in [5.74, 6) is -1.01. The first-order chi connectivity index (χ1) is 7.48. The van der Waals surface area contributed by atoms with Gasteiger partial charge in [0.2, 0.25) is 11.8 Å². The fourth-order valence-electron chi connectivity index (χ4n) is 2.36. The molecule has 1 aliphatic rings. The summed E-state index contributed by atoms with van der Waals surface area (Å²) >= 11 is 0. The molecule has 20 heavy (non-hydrogen) atoms. The maximum absolute atomic E-state index is 11.9. The minimum Gasteiger partial charge on any atom is -1.00 e. The van der Waals surface area contributed by atoms with Crippen LogP contribution in [0.25, 0.3) is 0 Å². The summed E-state index contributed by atoms with van der Waals surface area (Å²) < 4.78 is 0. The van der Waals surface area contributed by atoms with Gasteiger partial charge in [0, 0.05) is 17.4 Å². The molecule has 4 amide bonds. The largest absolute Gasteiger partial charge is 1.00 e. The van der Waals surface area contributed by atoms with E-state index in [1.807, 2.05) is 13.8 Å². The molecule has 3 radical (unpaired) electrons. The quantitative estimate of drug-likeness (QED) is 0.476. The molecule has 5 nitrogen and oxygen atoms in total. The summed E-state index contributed by atoms with van der Waals surface area (Å²) in [6.07, 6.45) is 2.08. The van der Waals surface area contributed by atoms with E-state index < -0.39 is 23.3 Å². The van der Waals surface area contributed by atoms with E-state index in [1.54, 1.807) is 6.92 Å². The van der Waals surface area contributed by atoms with Crippen LogP contribution in [0.2, 0.25) is 0 Å². The van der Waals surface area contributed by atoms with Gasteiger partial charge in [0.25, 0.3) is 0 Å². The van der Waals surface area contributed by atoms with Gasteiger partial charge in [-0.25, -0.2) is 4.79 Å². The van der Waals surface area contributed by atoms with Crippen LogP contribution in [-0.2, 0) is 9.59 Å². The Bertz CT molecular complexity index is 331. The molecule has 0 spiro atoms. The van der Waals surface area contributed by atoms with Gasteiger partial charge in [-0.05, 0) is 18.8 Å². The van der Waals surface area contributed by atoms with E-state index in [2.05, 4.69) is 10.6 Å². The molecular weight excluding hydrogens is 296 g/mol. The molecule has 1 unspecified atom stereocenters. The molecule has 9 heteroatoms. The number of rotatable bonds is 4. The van der Waals surface area contributed by atoms with Crippen LogP contribution in [0.4, 0.5) is 14.2 Å². The number of carbonyl (C=O) groups excluding carboxylic acids is 3. The van der Waals surface area contributed by atoms with E-state index in [1.165, 1.54) is 0 Å². The molecular formula is C11H21AlF2N2NaO3. The van der Waals surface area contributed by atoms with Crippen LogP contribution in [-0.4, -0.2) is 35.2 Å². The van der Waals surface area contributed by atoms with Crippen molar-refractivity contribution in [2.24, 2.45) is 11.3 Å². The number of hydrogen-bond acceptors (Lipinski definition) is 3. The zero-order chi connectivity index (χ0) is 12.3. The summed E-state index contributed by atoms with van der Waals surface area (Å²) in [6.45, 7) is 5.67. The molecule has 2 N–H and O–H groups in total. The third kappa shape index (κ3) is 5.08. The summed E-state index contributed by atoms with van der Waals surface area (Å²) in [5.41, 5.74) is -1.09. The average molecular weight is 317 g/mol. The molecule has 0 bridgehead atoms. The van der Waals surface area contributed by atoms with Crippen molar-refractivity contribution in [1.29, 1.82) is 0 Å². The van der Waals surface area contributed by atoms with E-state index in [0.29, 0.717) is 6.42 Å². The smallest absolute Gasteiger partial charge is 1.00 e. The van der Waals surface area contributed by atoms with Crippen molar-refractivity contribution in [2.75, 3.05) is 0 Å². The summed E-state index contributed by atoms with van der Waals surface area (Å²) in [5, 5.41) is 4.36. The number of imide groups is 2. The molecule has 1 aliphatic heterocycles. The normalized spacial score (nSPS) is 17.1. The first kappa shape index (κ1) is 28.2. The third-order valence-corrected chi connectivity index (χ3v) is 3.39. The first-order valence-corrected chi connectivity index (χ1v) is 5.65. The van der Waals surface area contributed by atoms with E-state index in [4.69, 9.17) is 0 Å². The van der Waals surface area contributed by atoms with Crippen LogP contribution in [0.1, 0.15) is 41.5 Å². The van der Waals surface area contributed by atoms with Crippen molar-refractivity contribution >= 4 is 35.2 Å². The molecule has 111 valence electrons. The van der Waals surface area contributed by atoms with Crippen LogP contribution in [0.5, 0.6) is 0 Å². The number of hydrogen-bond donors (Lipinski definition) is 2. The average Bonchev–Trinajstić information content (AvgIpc) is 2.18. The second kappa shape index (κ2) is 11.6. The Morgan fingerprint density at radius 1 is 1.10 bits per heavy atom. The monoisotopic (exact) mass is 317 g/mol. The van der Waals surface area contributed by atoms with E-state index in [9.17, 15) is 14.4 Å². The van der Waals surface area contributed by atoms with E-state index >= 15 is 0 Å². The van der Waals surface area contributed by atoms with E-state index in [0.717, 1.165) is 12.8 Å². The van der Waals surface area contributed by atoms with Crippen molar-refractivity contribution in [3.05, 3.63) is 0 Å². The number of amides is 4. The van der Waals surface area contributed by atoms with Gasteiger partial charge in [-0.1, -0.05) is 27.2 Å². The predicted octanol–water partition coefficient (Wildman–Crippen LogP) is -1.77. The van der Waals surface area contributed by atoms with Crippen LogP contribution < -0.4 is 40.2 Å². The van der Waals surface area contributed by atoms with Gasteiger partial charge in [0.15, 0.2) is 0 Å². The van der Waals surface area contributed by atoms with E-state index in [-0.39, 0.29) is 63.7 Å². The summed E-state index contributed by atoms with van der Waals surface area (Å²) in [6, 6.07) is -0.720. The van der Waals surface area contributed by atoms with Gasteiger partial charge >= 0.3 is 35.6 Å². The van der Waals surface area contributed by atoms with Crippen LogP contribution in [0.3, 0.4) is 0 Å². The number of barbiturate groups is 1.